The predicted molar refractivity (Wildman–Crippen MR) is 57.3 cm³/mol. The third-order valence-electron chi connectivity index (χ3n) is 2.12. The standard InChI is InChI=1S/C9H6N4OS/c10-9-8(12-15-13-9)5-1-2-6-7(3-5)14-4-11-6/h1-4H,(H2,10,13). The van der Waals surface area contributed by atoms with Gasteiger partial charge in [0.05, 0.1) is 11.7 Å². The highest BCUT2D eigenvalue weighted by Crippen LogP contribution is 2.26. The van der Waals surface area contributed by atoms with Crippen molar-refractivity contribution in [1.82, 2.24) is 13.7 Å². The molecule has 0 fully saturated rings. The summed E-state index contributed by atoms with van der Waals surface area (Å²) in [5, 5.41) is 0. The zero-order valence-corrected chi connectivity index (χ0v) is 8.36. The van der Waals surface area contributed by atoms with Crippen LogP contribution in [0, 0.1) is 0 Å². The molecule has 0 atom stereocenters. The van der Waals surface area contributed by atoms with Crippen LogP contribution in [-0.2, 0) is 0 Å². The number of hydrogen-bond acceptors (Lipinski definition) is 6. The third-order valence-corrected chi connectivity index (χ3v) is 2.66. The minimum absolute atomic E-state index is 0.443. The van der Waals surface area contributed by atoms with Gasteiger partial charge in [-0.25, -0.2) is 4.98 Å². The molecule has 6 heteroatoms. The topological polar surface area (TPSA) is 77.8 Å². The molecule has 0 radical (unpaired) electrons. The van der Waals surface area contributed by atoms with E-state index < -0.39 is 0 Å². The number of nitrogen functional groups attached to an aromatic ring is 1. The molecule has 0 unspecified atom stereocenters. The Balaban J connectivity index is 2.23. The van der Waals surface area contributed by atoms with Gasteiger partial charge in [0, 0.05) is 5.56 Å². The molecule has 0 aliphatic rings. The van der Waals surface area contributed by atoms with Crippen molar-refractivity contribution in [1.29, 1.82) is 0 Å². The van der Waals surface area contributed by atoms with Crippen molar-refractivity contribution < 1.29 is 4.42 Å². The van der Waals surface area contributed by atoms with Gasteiger partial charge in [0.25, 0.3) is 0 Å². The van der Waals surface area contributed by atoms with E-state index in [2.05, 4.69) is 13.7 Å². The van der Waals surface area contributed by atoms with E-state index in [1.807, 2.05) is 18.2 Å². The van der Waals surface area contributed by atoms with Crippen LogP contribution in [-0.4, -0.2) is 13.7 Å². The summed E-state index contributed by atoms with van der Waals surface area (Å²) in [6, 6.07) is 5.63. The maximum atomic E-state index is 5.68. The van der Waals surface area contributed by atoms with Crippen molar-refractivity contribution in [3.05, 3.63) is 24.6 Å². The minimum Gasteiger partial charge on any atom is -0.443 e. The third kappa shape index (κ3) is 1.26. The first kappa shape index (κ1) is 8.37. The summed E-state index contributed by atoms with van der Waals surface area (Å²) in [5.74, 6) is 0.443. The van der Waals surface area contributed by atoms with Gasteiger partial charge in [-0.15, -0.1) is 0 Å². The Bertz CT molecular complexity index is 615. The highest BCUT2D eigenvalue weighted by Gasteiger charge is 2.08. The van der Waals surface area contributed by atoms with Crippen LogP contribution in [0.15, 0.2) is 29.0 Å². The number of hydrogen-bond donors (Lipinski definition) is 1. The fraction of sp³-hybridized carbons (Fsp3) is 0. The summed E-state index contributed by atoms with van der Waals surface area (Å²) in [5.41, 5.74) is 8.81. The molecule has 2 N–H and O–H groups in total. The highest BCUT2D eigenvalue weighted by atomic mass is 32.1. The summed E-state index contributed by atoms with van der Waals surface area (Å²) in [7, 11) is 0. The molecular weight excluding hydrogens is 212 g/mol. The maximum absolute atomic E-state index is 5.68. The lowest BCUT2D eigenvalue weighted by molar-refractivity contribution is 0.602. The van der Waals surface area contributed by atoms with Gasteiger partial charge >= 0.3 is 0 Å². The van der Waals surface area contributed by atoms with Crippen LogP contribution >= 0.6 is 11.7 Å². The van der Waals surface area contributed by atoms with E-state index in [1.165, 1.54) is 6.39 Å². The van der Waals surface area contributed by atoms with Gasteiger partial charge in [-0.05, 0) is 12.1 Å². The number of aromatic nitrogens is 3. The van der Waals surface area contributed by atoms with Gasteiger partial charge in [-0.2, -0.15) is 8.75 Å². The fourth-order valence-corrected chi connectivity index (χ4v) is 1.89. The molecule has 0 bridgehead atoms. The SMILES string of the molecule is Nc1nsnc1-c1ccc2ncoc2c1. The van der Waals surface area contributed by atoms with Crippen molar-refractivity contribution in [2.24, 2.45) is 0 Å². The first-order valence-electron chi connectivity index (χ1n) is 4.26. The predicted octanol–water partition coefficient (Wildman–Crippen LogP) is 1.93. The Morgan fingerprint density at radius 1 is 1.27 bits per heavy atom. The number of oxazole rings is 1. The van der Waals surface area contributed by atoms with Crippen LogP contribution in [0.3, 0.4) is 0 Å². The average molecular weight is 218 g/mol. The second kappa shape index (κ2) is 3.03. The molecule has 0 spiro atoms. The molecule has 0 saturated heterocycles. The Labute approximate surface area is 88.9 Å². The number of anilines is 1. The molecule has 1 aromatic carbocycles. The summed E-state index contributed by atoms with van der Waals surface area (Å²) in [4.78, 5) is 4.03. The van der Waals surface area contributed by atoms with E-state index in [1.54, 1.807) is 0 Å². The van der Waals surface area contributed by atoms with E-state index in [4.69, 9.17) is 10.2 Å². The van der Waals surface area contributed by atoms with Gasteiger partial charge in [0.2, 0.25) is 0 Å². The molecule has 3 rings (SSSR count). The number of rotatable bonds is 1. The van der Waals surface area contributed by atoms with E-state index in [0.717, 1.165) is 28.4 Å². The molecule has 0 saturated carbocycles. The second-order valence-corrected chi connectivity index (χ2v) is 3.56. The van der Waals surface area contributed by atoms with E-state index in [-0.39, 0.29) is 0 Å². The number of fused-ring (bicyclic) bond motifs is 1. The van der Waals surface area contributed by atoms with Gasteiger partial charge in [-0.3, -0.25) is 0 Å². The van der Waals surface area contributed by atoms with Crippen molar-refractivity contribution >= 4 is 28.6 Å². The lowest BCUT2D eigenvalue weighted by atomic mass is 10.1. The number of benzene rings is 1. The molecule has 2 heterocycles. The van der Waals surface area contributed by atoms with Crippen LogP contribution in [0.2, 0.25) is 0 Å². The van der Waals surface area contributed by atoms with Gasteiger partial charge in [0.15, 0.2) is 17.8 Å². The van der Waals surface area contributed by atoms with Crippen LogP contribution in [0.1, 0.15) is 0 Å². The van der Waals surface area contributed by atoms with Crippen LogP contribution in [0.4, 0.5) is 5.82 Å². The van der Waals surface area contributed by atoms with Crippen LogP contribution in [0.25, 0.3) is 22.4 Å². The van der Waals surface area contributed by atoms with Gasteiger partial charge < -0.3 is 10.2 Å². The molecule has 74 valence electrons. The summed E-state index contributed by atoms with van der Waals surface area (Å²) < 4.78 is 13.2. The summed E-state index contributed by atoms with van der Waals surface area (Å²) in [6.45, 7) is 0. The zero-order chi connectivity index (χ0) is 10.3. The minimum atomic E-state index is 0.443. The molecular formula is C9H6N4OS. The zero-order valence-electron chi connectivity index (χ0n) is 7.54. The number of nitrogens with two attached hydrogens (primary N) is 1. The van der Waals surface area contributed by atoms with Crippen molar-refractivity contribution in [2.75, 3.05) is 5.73 Å². The van der Waals surface area contributed by atoms with Gasteiger partial charge in [0.1, 0.15) is 11.2 Å². The molecule has 5 nitrogen and oxygen atoms in total. The Hall–Kier alpha value is -1.95. The largest absolute Gasteiger partial charge is 0.443 e. The fourth-order valence-electron chi connectivity index (χ4n) is 1.40. The Kier molecular flexibility index (Phi) is 1.69. The maximum Gasteiger partial charge on any atom is 0.181 e. The second-order valence-electron chi connectivity index (χ2n) is 3.03. The lowest BCUT2D eigenvalue weighted by Gasteiger charge is -1.96. The summed E-state index contributed by atoms with van der Waals surface area (Å²) >= 11 is 1.10. The van der Waals surface area contributed by atoms with E-state index in [9.17, 15) is 0 Å². The highest BCUT2D eigenvalue weighted by molar-refractivity contribution is 6.99. The Morgan fingerprint density at radius 3 is 3.00 bits per heavy atom. The van der Waals surface area contributed by atoms with Crippen molar-refractivity contribution in [2.45, 2.75) is 0 Å². The quantitative estimate of drug-likeness (QED) is 0.675. The molecule has 0 aliphatic heterocycles. The van der Waals surface area contributed by atoms with E-state index in [0.29, 0.717) is 11.5 Å². The molecule has 3 aromatic rings. The first-order chi connectivity index (χ1) is 7.34. The lowest BCUT2D eigenvalue weighted by Crippen LogP contribution is -1.88. The monoisotopic (exact) mass is 218 g/mol. The van der Waals surface area contributed by atoms with E-state index >= 15 is 0 Å². The van der Waals surface area contributed by atoms with Crippen LogP contribution in [0.5, 0.6) is 0 Å². The van der Waals surface area contributed by atoms with Crippen molar-refractivity contribution in [3.63, 3.8) is 0 Å². The molecule has 0 amide bonds. The first-order valence-corrected chi connectivity index (χ1v) is 4.99. The Morgan fingerprint density at radius 2 is 2.20 bits per heavy atom. The van der Waals surface area contributed by atoms with Crippen molar-refractivity contribution in [3.8, 4) is 11.3 Å². The van der Waals surface area contributed by atoms with Gasteiger partial charge in [-0.1, -0.05) is 6.07 Å². The molecule has 0 aliphatic carbocycles. The average Bonchev–Trinajstić information content (AvgIpc) is 2.84. The smallest absolute Gasteiger partial charge is 0.181 e. The molecule has 15 heavy (non-hydrogen) atoms. The normalized spacial score (nSPS) is 10.9. The summed E-state index contributed by atoms with van der Waals surface area (Å²) in [6.07, 6.45) is 1.41. The molecule has 2 aromatic heterocycles. The van der Waals surface area contributed by atoms with Crippen LogP contribution < -0.4 is 5.73 Å². The number of nitrogens with zero attached hydrogens (tertiary/aromatic N) is 3.